The number of carbonyl (C=O) groups is 2. The Morgan fingerprint density at radius 2 is 1.95 bits per heavy atom. The van der Waals surface area contributed by atoms with Crippen LogP contribution in [0.3, 0.4) is 0 Å². The van der Waals surface area contributed by atoms with Crippen LogP contribution in [0.25, 0.3) is 11.3 Å². The van der Waals surface area contributed by atoms with E-state index in [0.29, 0.717) is 5.69 Å². The number of hydrogen-bond donors (Lipinski definition) is 2. The van der Waals surface area contributed by atoms with Crippen molar-refractivity contribution in [3.05, 3.63) is 30.5 Å². The second-order valence-electron chi connectivity index (χ2n) is 4.23. The first-order chi connectivity index (χ1) is 9.58. The number of rotatable bonds is 4. The molecular weight excluding hydrogens is 258 g/mol. The maximum absolute atomic E-state index is 11.2. The fourth-order valence-electron chi connectivity index (χ4n) is 1.66. The molecule has 2 amide bonds. The van der Waals surface area contributed by atoms with Crippen LogP contribution in [0.1, 0.15) is 6.92 Å². The molecule has 0 radical (unpaired) electrons. The van der Waals surface area contributed by atoms with Gasteiger partial charge in [-0.3, -0.25) is 9.59 Å². The average Bonchev–Trinajstić information content (AvgIpc) is 2.87. The molecule has 2 rings (SSSR count). The van der Waals surface area contributed by atoms with Crippen LogP contribution in [-0.4, -0.2) is 33.9 Å². The molecule has 20 heavy (non-hydrogen) atoms. The lowest BCUT2D eigenvalue weighted by atomic mass is 10.1. The maximum Gasteiger partial charge on any atom is 0.241 e. The van der Waals surface area contributed by atoms with Gasteiger partial charge in [-0.25, -0.2) is 4.68 Å². The van der Waals surface area contributed by atoms with Crippen LogP contribution in [0.5, 0.6) is 0 Å². The van der Waals surface area contributed by atoms with Crippen LogP contribution in [0.4, 0.5) is 5.69 Å². The second-order valence-corrected chi connectivity index (χ2v) is 4.23. The minimum atomic E-state index is -0.137. The van der Waals surface area contributed by atoms with Crippen LogP contribution >= 0.6 is 0 Å². The lowest BCUT2D eigenvalue weighted by Gasteiger charge is -2.02. The number of amides is 2. The lowest BCUT2D eigenvalue weighted by Crippen LogP contribution is -2.23. The zero-order valence-electron chi connectivity index (χ0n) is 11.3. The zero-order chi connectivity index (χ0) is 14.5. The molecule has 0 fully saturated rings. The maximum atomic E-state index is 11.2. The summed E-state index contributed by atoms with van der Waals surface area (Å²) < 4.78 is 1.47. The topological polar surface area (TPSA) is 88.9 Å². The average molecular weight is 273 g/mol. The molecule has 0 aliphatic rings. The standard InChI is InChI=1S/C13H15N5O2/c1-9(19)15-11-5-3-10(4-6-11)12-7-18(17-16-12)8-13(20)14-2/h3-7H,8H2,1-2H3,(H,14,20)(H,15,19). The summed E-state index contributed by atoms with van der Waals surface area (Å²) in [5.41, 5.74) is 2.25. The smallest absolute Gasteiger partial charge is 0.241 e. The van der Waals surface area contributed by atoms with Gasteiger partial charge in [-0.15, -0.1) is 5.10 Å². The summed E-state index contributed by atoms with van der Waals surface area (Å²) in [6, 6.07) is 7.24. The highest BCUT2D eigenvalue weighted by Crippen LogP contribution is 2.18. The van der Waals surface area contributed by atoms with Gasteiger partial charge in [-0.2, -0.15) is 0 Å². The number of carbonyl (C=O) groups excluding carboxylic acids is 2. The fraction of sp³-hybridized carbons (Fsp3) is 0.231. The van der Waals surface area contributed by atoms with Crippen molar-refractivity contribution in [2.45, 2.75) is 13.5 Å². The Kier molecular flexibility index (Phi) is 4.09. The molecule has 0 unspecified atom stereocenters. The van der Waals surface area contributed by atoms with Crippen molar-refractivity contribution >= 4 is 17.5 Å². The third kappa shape index (κ3) is 3.41. The number of aromatic nitrogens is 3. The molecule has 2 aromatic rings. The molecule has 1 aromatic carbocycles. The molecule has 7 nitrogen and oxygen atoms in total. The van der Waals surface area contributed by atoms with Crippen LogP contribution in [0, 0.1) is 0 Å². The van der Waals surface area contributed by atoms with Crippen molar-refractivity contribution in [3.63, 3.8) is 0 Å². The predicted octanol–water partition coefficient (Wildman–Crippen LogP) is 0.649. The van der Waals surface area contributed by atoms with Crippen molar-refractivity contribution in [1.82, 2.24) is 20.3 Å². The molecule has 0 saturated carbocycles. The van der Waals surface area contributed by atoms with Gasteiger partial charge in [0.25, 0.3) is 0 Å². The third-order valence-electron chi connectivity index (χ3n) is 2.62. The van der Waals surface area contributed by atoms with E-state index in [2.05, 4.69) is 20.9 Å². The molecule has 1 heterocycles. The molecular formula is C13H15N5O2. The molecule has 0 bridgehead atoms. The van der Waals surface area contributed by atoms with Gasteiger partial charge in [-0.1, -0.05) is 17.3 Å². The Morgan fingerprint density at radius 1 is 1.25 bits per heavy atom. The van der Waals surface area contributed by atoms with Gasteiger partial charge >= 0.3 is 0 Å². The normalized spacial score (nSPS) is 10.1. The first-order valence-corrected chi connectivity index (χ1v) is 6.07. The molecule has 0 aliphatic heterocycles. The summed E-state index contributed by atoms with van der Waals surface area (Å²) in [7, 11) is 1.57. The van der Waals surface area contributed by atoms with Crippen molar-refractivity contribution in [1.29, 1.82) is 0 Å². The zero-order valence-corrected chi connectivity index (χ0v) is 11.3. The van der Waals surface area contributed by atoms with E-state index in [4.69, 9.17) is 0 Å². The summed E-state index contributed by atoms with van der Waals surface area (Å²) in [6.45, 7) is 1.59. The summed E-state index contributed by atoms with van der Waals surface area (Å²) >= 11 is 0. The highest BCUT2D eigenvalue weighted by molar-refractivity contribution is 5.88. The Morgan fingerprint density at radius 3 is 2.55 bits per heavy atom. The number of anilines is 1. The number of benzene rings is 1. The fourth-order valence-corrected chi connectivity index (χ4v) is 1.66. The van der Waals surface area contributed by atoms with E-state index in [0.717, 1.165) is 11.3 Å². The first kappa shape index (κ1) is 13.7. The Labute approximate surface area is 116 Å². The molecule has 7 heteroatoms. The van der Waals surface area contributed by atoms with Crippen molar-refractivity contribution < 1.29 is 9.59 Å². The lowest BCUT2D eigenvalue weighted by molar-refractivity contribution is -0.121. The van der Waals surface area contributed by atoms with E-state index in [-0.39, 0.29) is 18.4 Å². The van der Waals surface area contributed by atoms with E-state index < -0.39 is 0 Å². The quantitative estimate of drug-likeness (QED) is 0.856. The van der Waals surface area contributed by atoms with Crippen LogP contribution in [0.2, 0.25) is 0 Å². The van der Waals surface area contributed by atoms with E-state index >= 15 is 0 Å². The molecule has 0 atom stereocenters. The molecule has 2 N–H and O–H groups in total. The predicted molar refractivity (Wildman–Crippen MR) is 73.8 cm³/mol. The third-order valence-corrected chi connectivity index (χ3v) is 2.62. The number of hydrogen-bond acceptors (Lipinski definition) is 4. The minimum Gasteiger partial charge on any atom is -0.358 e. The summed E-state index contributed by atoms with van der Waals surface area (Å²) in [5, 5.41) is 13.1. The first-order valence-electron chi connectivity index (χ1n) is 6.07. The van der Waals surface area contributed by atoms with Crippen LogP contribution in [-0.2, 0) is 16.1 Å². The van der Waals surface area contributed by atoms with Gasteiger partial charge in [0.05, 0.1) is 6.20 Å². The Bertz CT molecular complexity index is 618. The van der Waals surface area contributed by atoms with Gasteiger partial charge in [-0.05, 0) is 12.1 Å². The Balaban J connectivity index is 2.11. The molecule has 0 aliphatic carbocycles. The Hall–Kier alpha value is -2.70. The van der Waals surface area contributed by atoms with Gasteiger partial charge in [0.2, 0.25) is 11.8 Å². The second kappa shape index (κ2) is 5.96. The van der Waals surface area contributed by atoms with Crippen LogP contribution in [0.15, 0.2) is 30.5 Å². The van der Waals surface area contributed by atoms with Gasteiger partial charge < -0.3 is 10.6 Å². The minimum absolute atomic E-state index is 0.116. The van der Waals surface area contributed by atoms with E-state index in [1.54, 1.807) is 25.4 Å². The van der Waals surface area contributed by atoms with Gasteiger partial charge in [0, 0.05) is 25.2 Å². The number of likely N-dealkylation sites (N-methyl/N-ethyl adjacent to an activating group) is 1. The van der Waals surface area contributed by atoms with Gasteiger partial charge in [0.1, 0.15) is 12.2 Å². The summed E-state index contributed by atoms with van der Waals surface area (Å²) in [5.74, 6) is -0.253. The van der Waals surface area contributed by atoms with Crippen LogP contribution < -0.4 is 10.6 Å². The molecule has 1 aromatic heterocycles. The molecule has 0 saturated heterocycles. The van der Waals surface area contributed by atoms with E-state index in [1.807, 2.05) is 12.1 Å². The van der Waals surface area contributed by atoms with Crippen molar-refractivity contribution in [3.8, 4) is 11.3 Å². The van der Waals surface area contributed by atoms with Gasteiger partial charge in [0.15, 0.2) is 0 Å². The molecule has 104 valence electrons. The highest BCUT2D eigenvalue weighted by atomic mass is 16.2. The SMILES string of the molecule is CNC(=O)Cn1cc(-c2ccc(NC(C)=O)cc2)nn1. The number of nitrogens with zero attached hydrogens (tertiary/aromatic N) is 3. The van der Waals surface area contributed by atoms with E-state index in [9.17, 15) is 9.59 Å². The summed E-state index contributed by atoms with van der Waals surface area (Å²) in [4.78, 5) is 22.2. The van der Waals surface area contributed by atoms with Crippen molar-refractivity contribution in [2.75, 3.05) is 12.4 Å². The number of nitrogens with one attached hydrogen (secondary N) is 2. The highest BCUT2D eigenvalue weighted by Gasteiger charge is 2.06. The molecule has 0 spiro atoms. The van der Waals surface area contributed by atoms with E-state index in [1.165, 1.54) is 11.6 Å². The monoisotopic (exact) mass is 273 g/mol. The summed E-state index contributed by atoms with van der Waals surface area (Å²) in [6.07, 6.45) is 1.70. The largest absolute Gasteiger partial charge is 0.358 e. The van der Waals surface area contributed by atoms with Crippen molar-refractivity contribution in [2.24, 2.45) is 0 Å².